The number of nitrogens with two attached hydrogens (primary N) is 1. The summed E-state index contributed by atoms with van der Waals surface area (Å²) in [6, 6.07) is 3.06. The average molecular weight is 448 g/mol. The minimum Gasteiger partial charge on any atom is -0.399 e. The molecule has 0 aliphatic carbocycles. The van der Waals surface area contributed by atoms with Crippen molar-refractivity contribution in [1.29, 1.82) is 0 Å². The highest BCUT2D eigenvalue weighted by atomic mass is 79.9. The molecule has 0 amide bonds. The smallest absolute Gasteiger partial charge is 0.242 e. The molecule has 0 saturated carbocycles. The van der Waals surface area contributed by atoms with Crippen molar-refractivity contribution in [3.05, 3.63) is 21.1 Å². The number of nitrogens with one attached hydrogen (secondary N) is 1. The third kappa shape index (κ3) is 4.80. The number of hydrogen-bond donors (Lipinski definition) is 2. The summed E-state index contributed by atoms with van der Waals surface area (Å²) in [6.07, 6.45) is 2.11. The lowest BCUT2D eigenvalue weighted by Crippen LogP contribution is -2.28. The topological polar surface area (TPSA) is 89.3 Å². The molecule has 0 spiro atoms. The standard InChI is InChI=1S/C11H16Br2N2O3S2/c1-7(19(2)16)3-4-15-20(17,18)11-9(12)5-8(14)6-10(11)13/h5-7,15H,3-4,14H2,1-2H3. The number of nitrogen functional groups attached to an aromatic ring is 1. The van der Waals surface area contributed by atoms with E-state index in [2.05, 4.69) is 36.6 Å². The van der Waals surface area contributed by atoms with Crippen LogP contribution in [-0.4, -0.2) is 30.7 Å². The maximum atomic E-state index is 12.2. The van der Waals surface area contributed by atoms with E-state index in [0.29, 0.717) is 21.1 Å². The van der Waals surface area contributed by atoms with Crippen LogP contribution in [0.5, 0.6) is 0 Å². The van der Waals surface area contributed by atoms with Gasteiger partial charge in [0.2, 0.25) is 10.0 Å². The molecule has 2 atom stereocenters. The van der Waals surface area contributed by atoms with Crippen molar-refractivity contribution in [1.82, 2.24) is 4.72 Å². The zero-order valence-electron chi connectivity index (χ0n) is 11.0. The number of hydrogen-bond acceptors (Lipinski definition) is 4. The quantitative estimate of drug-likeness (QED) is 0.654. The second-order valence-electron chi connectivity index (χ2n) is 4.31. The number of halogens is 2. The van der Waals surface area contributed by atoms with Gasteiger partial charge in [0.1, 0.15) is 4.90 Å². The molecule has 1 rings (SSSR count). The molecule has 0 bridgehead atoms. The van der Waals surface area contributed by atoms with Crippen molar-refractivity contribution in [3.8, 4) is 0 Å². The predicted molar refractivity (Wildman–Crippen MR) is 89.6 cm³/mol. The van der Waals surface area contributed by atoms with Gasteiger partial charge in [-0.15, -0.1) is 0 Å². The van der Waals surface area contributed by atoms with E-state index in [1.54, 1.807) is 6.26 Å². The van der Waals surface area contributed by atoms with Gasteiger partial charge in [0, 0.05) is 43.5 Å². The van der Waals surface area contributed by atoms with E-state index >= 15 is 0 Å². The van der Waals surface area contributed by atoms with Crippen molar-refractivity contribution in [2.75, 3.05) is 18.5 Å². The van der Waals surface area contributed by atoms with Gasteiger partial charge in [-0.2, -0.15) is 0 Å². The van der Waals surface area contributed by atoms with Gasteiger partial charge >= 0.3 is 0 Å². The Bertz CT molecular complexity index is 597. The second-order valence-corrected chi connectivity index (χ2v) is 9.52. The number of sulfonamides is 1. The Morgan fingerprint density at radius 1 is 1.35 bits per heavy atom. The van der Waals surface area contributed by atoms with Crippen LogP contribution >= 0.6 is 31.9 Å². The summed E-state index contributed by atoms with van der Waals surface area (Å²) in [4.78, 5) is 0.108. The Labute approximate surface area is 138 Å². The van der Waals surface area contributed by atoms with Crippen molar-refractivity contribution in [2.24, 2.45) is 0 Å². The fraction of sp³-hybridized carbons (Fsp3) is 0.455. The van der Waals surface area contributed by atoms with Crippen molar-refractivity contribution < 1.29 is 12.6 Å². The Kier molecular flexibility index (Phi) is 6.65. The first kappa shape index (κ1) is 18.1. The highest BCUT2D eigenvalue weighted by Crippen LogP contribution is 2.32. The summed E-state index contributed by atoms with van der Waals surface area (Å²) in [5.74, 6) is 0. The lowest BCUT2D eigenvalue weighted by atomic mass is 10.3. The monoisotopic (exact) mass is 446 g/mol. The Balaban J connectivity index is 2.88. The number of benzene rings is 1. The van der Waals surface area contributed by atoms with Crippen molar-refractivity contribution in [2.45, 2.75) is 23.5 Å². The van der Waals surface area contributed by atoms with Crippen LogP contribution in [0.1, 0.15) is 13.3 Å². The molecule has 0 saturated heterocycles. The van der Waals surface area contributed by atoms with Gasteiger partial charge in [0.05, 0.1) is 0 Å². The molecule has 0 heterocycles. The average Bonchev–Trinajstić information content (AvgIpc) is 2.26. The molecule has 5 nitrogen and oxygen atoms in total. The zero-order chi connectivity index (χ0) is 15.5. The van der Waals surface area contributed by atoms with Crippen LogP contribution in [0.3, 0.4) is 0 Å². The van der Waals surface area contributed by atoms with Gasteiger partial charge < -0.3 is 5.73 Å². The second kappa shape index (κ2) is 7.35. The Morgan fingerprint density at radius 2 is 1.85 bits per heavy atom. The largest absolute Gasteiger partial charge is 0.399 e. The third-order valence-corrected chi connectivity index (χ3v) is 7.41. The van der Waals surface area contributed by atoms with Gasteiger partial charge in [0.15, 0.2) is 0 Å². The molecule has 1 aromatic rings. The molecule has 3 N–H and O–H groups in total. The molecular weight excluding hydrogens is 432 g/mol. The molecule has 0 aliphatic rings. The van der Waals surface area contributed by atoms with E-state index in [9.17, 15) is 12.6 Å². The van der Waals surface area contributed by atoms with Crippen LogP contribution in [0.25, 0.3) is 0 Å². The molecule has 114 valence electrons. The van der Waals surface area contributed by atoms with Crippen LogP contribution in [0.15, 0.2) is 26.0 Å². The summed E-state index contributed by atoms with van der Waals surface area (Å²) in [6.45, 7) is 2.05. The molecule has 1 aromatic carbocycles. The van der Waals surface area contributed by atoms with E-state index < -0.39 is 20.8 Å². The van der Waals surface area contributed by atoms with Crippen molar-refractivity contribution in [3.63, 3.8) is 0 Å². The van der Waals surface area contributed by atoms with Crippen LogP contribution in [0.2, 0.25) is 0 Å². The minimum atomic E-state index is -3.66. The molecule has 0 aromatic heterocycles. The van der Waals surface area contributed by atoms with Crippen LogP contribution < -0.4 is 10.5 Å². The fourth-order valence-electron chi connectivity index (χ4n) is 1.47. The van der Waals surface area contributed by atoms with Gasteiger partial charge in [0.25, 0.3) is 0 Å². The van der Waals surface area contributed by atoms with E-state index in [1.165, 1.54) is 12.1 Å². The molecule has 0 fully saturated rings. The Hall–Kier alpha value is 0.0400. The SMILES string of the molecule is CC(CCNS(=O)(=O)c1c(Br)cc(N)cc1Br)S(C)=O. The lowest BCUT2D eigenvalue weighted by molar-refractivity contribution is 0.577. The van der Waals surface area contributed by atoms with E-state index in [4.69, 9.17) is 5.73 Å². The van der Waals surface area contributed by atoms with Crippen molar-refractivity contribution >= 4 is 58.4 Å². The summed E-state index contributed by atoms with van der Waals surface area (Å²) >= 11 is 6.40. The lowest BCUT2D eigenvalue weighted by Gasteiger charge is -2.12. The van der Waals surface area contributed by atoms with E-state index in [-0.39, 0.29) is 16.7 Å². The first-order valence-corrected chi connectivity index (χ1v) is 10.4. The van der Waals surface area contributed by atoms with Gasteiger partial charge in [-0.3, -0.25) is 4.21 Å². The van der Waals surface area contributed by atoms with Gasteiger partial charge in [-0.05, 0) is 50.4 Å². The van der Waals surface area contributed by atoms with Crippen LogP contribution in [0.4, 0.5) is 5.69 Å². The first-order valence-electron chi connectivity index (χ1n) is 5.71. The zero-order valence-corrected chi connectivity index (χ0v) is 15.8. The molecule has 0 radical (unpaired) electrons. The summed E-state index contributed by atoms with van der Waals surface area (Å²) < 4.78 is 39.0. The van der Waals surface area contributed by atoms with E-state index in [1.807, 2.05) is 6.92 Å². The summed E-state index contributed by atoms with van der Waals surface area (Å²) in [7, 11) is -4.62. The summed E-state index contributed by atoms with van der Waals surface area (Å²) in [5.41, 5.74) is 6.09. The molecule has 9 heteroatoms. The predicted octanol–water partition coefficient (Wildman–Crippen LogP) is 2.23. The number of anilines is 1. The highest BCUT2D eigenvalue weighted by Gasteiger charge is 2.21. The minimum absolute atomic E-state index is 0.0593. The Morgan fingerprint density at radius 3 is 2.30 bits per heavy atom. The highest BCUT2D eigenvalue weighted by molar-refractivity contribution is 9.11. The van der Waals surface area contributed by atoms with E-state index in [0.717, 1.165) is 0 Å². The molecular formula is C11H16Br2N2O3S2. The van der Waals surface area contributed by atoms with Gasteiger partial charge in [-0.25, -0.2) is 13.1 Å². The normalized spacial score (nSPS) is 15.0. The molecule has 2 unspecified atom stereocenters. The van der Waals surface area contributed by atoms with Crippen LogP contribution in [-0.2, 0) is 20.8 Å². The number of rotatable bonds is 6. The van der Waals surface area contributed by atoms with Gasteiger partial charge in [-0.1, -0.05) is 6.92 Å². The molecule has 20 heavy (non-hydrogen) atoms. The van der Waals surface area contributed by atoms with Crippen LogP contribution in [0, 0.1) is 0 Å². The maximum absolute atomic E-state index is 12.2. The first-order chi connectivity index (χ1) is 9.15. The fourth-order valence-corrected chi connectivity index (χ4v) is 5.58. The maximum Gasteiger partial charge on any atom is 0.242 e. The third-order valence-electron chi connectivity index (χ3n) is 2.70. The summed E-state index contributed by atoms with van der Waals surface area (Å²) in [5, 5.41) is -0.0593. The molecule has 0 aliphatic heterocycles.